The average molecular weight is 321 g/mol. The second-order valence-corrected chi connectivity index (χ2v) is 5.53. The maximum absolute atomic E-state index is 13.8. The Kier molecular flexibility index (Phi) is 4.91. The third kappa shape index (κ3) is 3.33. The molecular formula is C14H19F4N3O. The first-order chi connectivity index (χ1) is 10.2. The Morgan fingerprint density at radius 2 is 2.00 bits per heavy atom. The van der Waals surface area contributed by atoms with Crippen LogP contribution >= 0.6 is 0 Å². The van der Waals surface area contributed by atoms with Gasteiger partial charge < -0.3 is 9.30 Å². The fourth-order valence-electron chi connectivity index (χ4n) is 2.82. The van der Waals surface area contributed by atoms with E-state index in [1.54, 1.807) is 14.1 Å². The van der Waals surface area contributed by atoms with Crippen LogP contribution < -0.4 is 0 Å². The van der Waals surface area contributed by atoms with Crippen molar-refractivity contribution in [3.8, 4) is 0 Å². The highest BCUT2D eigenvalue weighted by Gasteiger charge is 2.41. The quantitative estimate of drug-likeness (QED) is 0.797. The van der Waals surface area contributed by atoms with Gasteiger partial charge in [-0.15, -0.1) is 0 Å². The Hall–Kier alpha value is -1.41. The first-order valence-electron chi connectivity index (χ1n) is 6.96. The third-order valence-corrected chi connectivity index (χ3v) is 3.73. The minimum Gasteiger partial charge on any atom is -0.381 e. The molecule has 0 bridgehead atoms. The van der Waals surface area contributed by atoms with Crippen LogP contribution in [-0.2, 0) is 10.9 Å². The van der Waals surface area contributed by atoms with E-state index in [1.165, 1.54) is 4.90 Å². The SMILES string of the molecule is C=C(F)C(c1cnc(C(F)(F)F)n1C1CCOCC1)N(C)C. The van der Waals surface area contributed by atoms with E-state index in [-0.39, 0.29) is 5.69 Å². The number of aromatic nitrogens is 2. The summed E-state index contributed by atoms with van der Waals surface area (Å²) in [5, 5.41) is 0. The summed E-state index contributed by atoms with van der Waals surface area (Å²) >= 11 is 0. The van der Waals surface area contributed by atoms with Crippen LogP contribution in [0.15, 0.2) is 18.6 Å². The van der Waals surface area contributed by atoms with Crippen molar-refractivity contribution in [1.29, 1.82) is 0 Å². The number of likely N-dealkylation sites (N-methyl/N-ethyl adjacent to an activating group) is 1. The summed E-state index contributed by atoms with van der Waals surface area (Å²) in [5.74, 6) is -1.71. The Balaban J connectivity index is 2.54. The zero-order valence-corrected chi connectivity index (χ0v) is 12.5. The van der Waals surface area contributed by atoms with Crippen LogP contribution in [0, 0.1) is 0 Å². The van der Waals surface area contributed by atoms with Crippen molar-refractivity contribution in [3.05, 3.63) is 30.1 Å². The molecule has 124 valence electrons. The van der Waals surface area contributed by atoms with Crippen LogP contribution in [0.3, 0.4) is 0 Å². The Morgan fingerprint density at radius 1 is 1.41 bits per heavy atom. The molecule has 0 aliphatic carbocycles. The second kappa shape index (κ2) is 6.37. The molecule has 0 amide bonds. The largest absolute Gasteiger partial charge is 0.449 e. The van der Waals surface area contributed by atoms with E-state index in [4.69, 9.17) is 4.74 Å². The van der Waals surface area contributed by atoms with Crippen molar-refractivity contribution in [1.82, 2.24) is 14.5 Å². The molecule has 8 heteroatoms. The van der Waals surface area contributed by atoms with E-state index in [2.05, 4.69) is 11.6 Å². The number of alkyl halides is 3. The van der Waals surface area contributed by atoms with Gasteiger partial charge in [0.1, 0.15) is 11.9 Å². The van der Waals surface area contributed by atoms with Crippen LogP contribution in [0.5, 0.6) is 0 Å². The highest BCUT2D eigenvalue weighted by Crippen LogP contribution is 2.38. The van der Waals surface area contributed by atoms with Gasteiger partial charge >= 0.3 is 6.18 Å². The molecule has 1 fully saturated rings. The van der Waals surface area contributed by atoms with Crippen LogP contribution in [-0.4, -0.2) is 41.8 Å². The summed E-state index contributed by atoms with van der Waals surface area (Å²) < 4.78 is 59.8. The number of ether oxygens (including phenoxy) is 1. The standard InChI is InChI=1S/C14H19F4N3O/c1-9(15)12(20(2)3)11-8-19-13(14(16,17)18)21(11)10-4-6-22-7-5-10/h8,10,12H,1,4-7H2,2-3H3. The van der Waals surface area contributed by atoms with Gasteiger partial charge in [0.2, 0.25) is 5.82 Å². The number of hydrogen-bond acceptors (Lipinski definition) is 3. The molecule has 4 nitrogen and oxygen atoms in total. The predicted octanol–water partition coefficient (Wildman–Crippen LogP) is 3.34. The lowest BCUT2D eigenvalue weighted by Gasteiger charge is -2.31. The van der Waals surface area contributed by atoms with Crippen molar-refractivity contribution in [3.63, 3.8) is 0 Å². The Morgan fingerprint density at radius 3 is 2.45 bits per heavy atom. The normalized spacial score (nSPS) is 18.7. The molecule has 1 aromatic rings. The molecule has 2 heterocycles. The third-order valence-electron chi connectivity index (χ3n) is 3.73. The molecule has 1 aliphatic rings. The molecule has 2 rings (SSSR count). The summed E-state index contributed by atoms with van der Waals surface area (Å²) in [5.41, 5.74) is 0.164. The van der Waals surface area contributed by atoms with Crippen molar-refractivity contribution < 1.29 is 22.3 Å². The topological polar surface area (TPSA) is 30.3 Å². The lowest BCUT2D eigenvalue weighted by atomic mass is 10.1. The minimum atomic E-state index is -4.59. The summed E-state index contributed by atoms with van der Waals surface area (Å²) in [6.07, 6.45) is -2.63. The monoisotopic (exact) mass is 321 g/mol. The van der Waals surface area contributed by atoms with Gasteiger partial charge in [-0.05, 0) is 26.9 Å². The Labute approximate surface area is 126 Å². The van der Waals surface area contributed by atoms with Crippen LogP contribution in [0.1, 0.15) is 36.4 Å². The zero-order valence-electron chi connectivity index (χ0n) is 12.5. The maximum atomic E-state index is 13.8. The zero-order chi connectivity index (χ0) is 16.5. The van der Waals surface area contributed by atoms with E-state index >= 15 is 0 Å². The van der Waals surface area contributed by atoms with E-state index in [1.807, 2.05) is 0 Å². The first kappa shape index (κ1) is 17.0. The first-order valence-corrected chi connectivity index (χ1v) is 6.96. The van der Waals surface area contributed by atoms with Gasteiger partial charge in [0, 0.05) is 19.3 Å². The predicted molar refractivity (Wildman–Crippen MR) is 73.0 cm³/mol. The van der Waals surface area contributed by atoms with Crippen molar-refractivity contribution in [2.75, 3.05) is 27.3 Å². The average Bonchev–Trinajstić information content (AvgIpc) is 2.83. The molecule has 22 heavy (non-hydrogen) atoms. The summed E-state index contributed by atoms with van der Waals surface area (Å²) in [6.45, 7) is 4.01. The maximum Gasteiger partial charge on any atom is 0.449 e. The van der Waals surface area contributed by atoms with Gasteiger partial charge in [-0.3, -0.25) is 4.90 Å². The fourth-order valence-corrected chi connectivity index (χ4v) is 2.82. The van der Waals surface area contributed by atoms with E-state index in [0.29, 0.717) is 26.1 Å². The van der Waals surface area contributed by atoms with Crippen molar-refractivity contribution in [2.45, 2.75) is 31.1 Å². The number of nitrogens with zero attached hydrogens (tertiary/aromatic N) is 3. The van der Waals surface area contributed by atoms with E-state index in [0.717, 1.165) is 10.8 Å². The van der Waals surface area contributed by atoms with Gasteiger partial charge in [0.05, 0.1) is 11.9 Å². The number of hydrogen-bond donors (Lipinski definition) is 0. The lowest BCUT2D eigenvalue weighted by molar-refractivity contribution is -0.148. The molecule has 1 atom stereocenters. The molecule has 0 N–H and O–H groups in total. The molecule has 1 saturated heterocycles. The van der Waals surface area contributed by atoms with Crippen LogP contribution in [0.4, 0.5) is 17.6 Å². The van der Waals surface area contributed by atoms with E-state index < -0.39 is 29.9 Å². The van der Waals surface area contributed by atoms with Gasteiger partial charge in [0.25, 0.3) is 0 Å². The lowest BCUT2D eigenvalue weighted by Crippen LogP contribution is -2.29. The number of halogens is 4. The van der Waals surface area contributed by atoms with Crippen LogP contribution in [0.2, 0.25) is 0 Å². The summed E-state index contributed by atoms with van der Waals surface area (Å²) in [7, 11) is 3.17. The summed E-state index contributed by atoms with van der Waals surface area (Å²) in [4.78, 5) is 4.99. The van der Waals surface area contributed by atoms with Crippen molar-refractivity contribution >= 4 is 0 Å². The summed E-state index contributed by atoms with van der Waals surface area (Å²) in [6, 6.07) is -1.38. The van der Waals surface area contributed by atoms with Gasteiger partial charge in [-0.25, -0.2) is 9.37 Å². The smallest absolute Gasteiger partial charge is 0.381 e. The molecule has 0 saturated carbocycles. The number of rotatable bonds is 4. The Bertz CT molecular complexity index is 533. The molecular weight excluding hydrogens is 302 g/mol. The number of imidazole rings is 1. The van der Waals surface area contributed by atoms with Crippen LogP contribution in [0.25, 0.3) is 0 Å². The minimum absolute atomic E-state index is 0.164. The van der Waals surface area contributed by atoms with Gasteiger partial charge in [-0.2, -0.15) is 13.2 Å². The highest BCUT2D eigenvalue weighted by atomic mass is 19.4. The molecule has 0 spiro atoms. The second-order valence-electron chi connectivity index (χ2n) is 5.53. The van der Waals surface area contributed by atoms with Gasteiger partial charge in [0.15, 0.2) is 0 Å². The highest BCUT2D eigenvalue weighted by molar-refractivity contribution is 5.20. The van der Waals surface area contributed by atoms with Gasteiger partial charge in [-0.1, -0.05) is 6.58 Å². The van der Waals surface area contributed by atoms with E-state index in [9.17, 15) is 17.6 Å². The molecule has 1 unspecified atom stereocenters. The molecule has 1 aromatic heterocycles. The molecule has 0 aromatic carbocycles. The van der Waals surface area contributed by atoms with Crippen molar-refractivity contribution in [2.24, 2.45) is 0 Å². The molecule has 0 radical (unpaired) electrons. The molecule has 1 aliphatic heterocycles. The fraction of sp³-hybridized carbons (Fsp3) is 0.643.